The minimum Gasteiger partial charge on any atom is -0.342 e. The van der Waals surface area contributed by atoms with Crippen LogP contribution in [0.25, 0.3) is 0 Å². The van der Waals surface area contributed by atoms with Crippen molar-refractivity contribution in [1.82, 2.24) is 10.2 Å². The molecule has 1 aromatic rings. The number of rotatable bonds is 4. The maximum absolute atomic E-state index is 13.1. The molecule has 0 bridgehead atoms. The molecule has 2 aliphatic rings. The van der Waals surface area contributed by atoms with E-state index in [9.17, 15) is 9.18 Å². The van der Waals surface area contributed by atoms with Gasteiger partial charge in [-0.2, -0.15) is 0 Å². The fourth-order valence-corrected chi connectivity index (χ4v) is 3.01. The molecule has 0 radical (unpaired) electrons. The summed E-state index contributed by atoms with van der Waals surface area (Å²) >= 11 is 5.78. The Kier molecular flexibility index (Phi) is 4.45. The average Bonchev–Trinajstić information content (AvgIpc) is 3.33. The summed E-state index contributed by atoms with van der Waals surface area (Å²) in [6, 6.07) is 5.23. The maximum atomic E-state index is 13.1. The van der Waals surface area contributed by atoms with Crippen LogP contribution in [0.4, 0.5) is 4.39 Å². The molecule has 0 unspecified atom stereocenters. The zero-order valence-electron chi connectivity index (χ0n) is 11.9. The highest BCUT2D eigenvalue weighted by atomic mass is 35.5. The summed E-state index contributed by atoms with van der Waals surface area (Å²) in [4.78, 5) is 14.0. The number of carbonyl (C=O) groups excluding carboxylic acids is 1. The van der Waals surface area contributed by atoms with Crippen LogP contribution in [-0.2, 0) is 11.3 Å². The molecule has 21 heavy (non-hydrogen) atoms. The first-order valence-corrected chi connectivity index (χ1v) is 7.97. The van der Waals surface area contributed by atoms with Gasteiger partial charge in [0.2, 0.25) is 5.91 Å². The normalized spacial score (nSPS) is 19.8. The number of likely N-dealkylation sites (tertiary alicyclic amines) is 1. The minimum atomic E-state index is -0.382. The van der Waals surface area contributed by atoms with E-state index in [-0.39, 0.29) is 10.8 Å². The number of hydrogen-bond donors (Lipinski definition) is 1. The third-order valence-electron chi connectivity index (χ3n) is 4.31. The largest absolute Gasteiger partial charge is 0.342 e. The molecule has 1 saturated heterocycles. The van der Waals surface area contributed by atoms with E-state index >= 15 is 0 Å². The van der Waals surface area contributed by atoms with Gasteiger partial charge in [0, 0.05) is 31.6 Å². The summed E-state index contributed by atoms with van der Waals surface area (Å²) in [7, 11) is 0. The second-order valence-corrected chi connectivity index (χ2v) is 6.41. The standard InChI is InChI=1S/C16H20ClFN2O/c17-14-9-11(1-4-15(14)18)10-19-13-5-7-20(8-6-13)16(21)12-2-3-12/h1,4,9,12-13,19H,2-3,5-8,10H2. The van der Waals surface area contributed by atoms with Crippen LogP contribution in [-0.4, -0.2) is 29.9 Å². The Labute approximate surface area is 129 Å². The predicted molar refractivity (Wildman–Crippen MR) is 80.6 cm³/mol. The molecule has 1 heterocycles. The van der Waals surface area contributed by atoms with Gasteiger partial charge in [0.05, 0.1) is 5.02 Å². The molecular formula is C16H20ClFN2O. The number of hydrogen-bond acceptors (Lipinski definition) is 2. The van der Waals surface area contributed by atoms with Gasteiger partial charge < -0.3 is 10.2 Å². The van der Waals surface area contributed by atoms with E-state index in [1.54, 1.807) is 12.1 Å². The van der Waals surface area contributed by atoms with Gasteiger partial charge in [0.25, 0.3) is 0 Å². The number of nitrogens with one attached hydrogen (secondary N) is 1. The summed E-state index contributed by atoms with van der Waals surface area (Å²) in [5, 5.41) is 3.64. The molecule has 3 nitrogen and oxygen atoms in total. The molecule has 3 rings (SSSR count). The molecule has 0 spiro atoms. The van der Waals surface area contributed by atoms with Crippen molar-refractivity contribution in [2.24, 2.45) is 5.92 Å². The summed E-state index contributed by atoms with van der Waals surface area (Å²) in [6.07, 6.45) is 4.10. The van der Waals surface area contributed by atoms with Gasteiger partial charge in [-0.25, -0.2) is 4.39 Å². The first-order chi connectivity index (χ1) is 10.1. The van der Waals surface area contributed by atoms with E-state index in [2.05, 4.69) is 5.32 Å². The van der Waals surface area contributed by atoms with Gasteiger partial charge >= 0.3 is 0 Å². The van der Waals surface area contributed by atoms with Crippen molar-refractivity contribution < 1.29 is 9.18 Å². The number of carbonyl (C=O) groups is 1. The summed E-state index contributed by atoms with van der Waals surface area (Å²) < 4.78 is 13.1. The number of halogens is 2. The van der Waals surface area contributed by atoms with Crippen LogP contribution in [0.2, 0.25) is 5.02 Å². The quantitative estimate of drug-likeness (QED) is 0.927. The zero-order valence-corrected chi connectivity index (χ0v) is 12.7. The Bertz CT molecular complexity index is 525. The molecule has 2 fully saturated rings. The second kappa shape index (κ2) is 6.32. The van der Waals surface area contributed by atoms with E-state index in [0.717, 1.165) is 44.3 Å². The monoisotopic (exact) mass is 310 g/mol. The van der Waals surface area contributed by atoms with Crippen LogP contribution in [0.15, 0.2) is 18.2 Å². The van der Waals surface area contributed by atoms with E-state index in [0.29, 0.717) is 24.4 Å². The first-order valence-electron chi connectivity index (χ1n) is 7.59. The van der Waals surface area contributed by atoms with Crippen LogP contribution < -0.4 is 5.32 Å². The van der Waals surface area contributed by atoms with Crippen LogP contribution in [0.3, 0.4) is 0 Å². The van der Waals surface area contributed by atoms with Crippen LogP contribution >= 0.6 is 11.6 Å². The predicted octanol–water partition coefficient (Wildman–Crippen LogP) is 2.97. The first kappa shape index (κ1) is 14.8. The number of piperidine rings is 1. The van der Waals surface area contributed by atoms with E-state index in [4.69, 9.17) is 11.6 Å². The molecule has 1 N–H and O–H groups in total. The molecule has 1 aliphatic carbocycles. The lowest BCUT2D eigenvalue weighted by molar-refractivity contribution is -0.133. The Morgan fingerprint density at radius 2 is 2.00 bits per heavy atom. The average molecular weight is 311 g/mol. The van der Waals surface area contributed by atoms with Gasteiger partial charge in [-0.1, -0.05) is 17.7 Å². The van der Waals surface area contributed by atoms with Gasteiger partial charge in [0.15, 0.2) is 0 Å². The van der Waals surface area contributed by atoms with Crippen molar-refractivity contribution in [1.29, 1.82) is 0 Å². The van der Waals surface area contributed by atoms with Crippen LogP contribution in [0.1, 0.15) is 31.2 Å². The molecule has 1 amide bonds. The highest BCUT2D eigenvalue weighted by Gasteiger charge is 2.34. The molecule has 0 aromatic heterocycles. The highest BCUT2D eigenvalue weighted by molar-refractivity contribution is 6.30. The molecule has 0 atom stereocenters. The third kappa shape index (κ3) is 3.74. The molecule has 1 saturated carbocycles. The SMILES string of the molecule is O=C(C1CC1)N1CCC(NCc2ccc(F)c(Cl)c2)CC1. The fraction of sp³-hybridized carbons (Fsp3) is 0.562. The third-order valence-corrected chi connectivity index (χ3v) is 4.60. The minimum absolute atomic E-state index is 0.166. The lowest BCUT2D eigenvalue weighted by atomic mass is 10.0. The van der Waals surface area contributed by atoms with Crippen LogP contribution in [0.5, 0.6) is 0 Å². The molecule has 1 aromatic carbocycles. The Balaban J connectivity index is 1.44. The molecule has 1 aliphatic heterocycles. The van der Waals surface area contributed by atoms with Crippen molar-refractivity contribution >= 4 is 17.5 Å². The summed E-state index contributed by atoms with van der Waals surface area (Å²) in [5.41, 5.74) is 0.984. The van der Waals surface area contributed by atoms with Crippen molar-refractivity contribution in [3.63, 3.8) is 0 Å². The van der Waals surface area contributed by atoms with Crippen molar-refractivity contribution in [2.75, 3.05) is 13.1 Å². The highest BCUT2D eigenvalue weighted by Crippen LogP contribution is 2.31. The van der Waals surface area contributed by atoms with E-state index in [1.807, 2.05) is 4.90 Å². The van der Waals surface area contributed by atoms with Gasteiger partial charge in [-0.15, -0.1) is 0 Å². The lowest BCUT2D eigenvalue weighted by Crippen LogP contribution is -2.45. The van der Waals surface area contributed by atoms with Gasteiger partial charge in [-0.05, 0) is 43.4 Å². The Morgan fingerprint density at radius 3 is 2.62 bits per heavy atom. The van der Waals surface area contributed by atoms with E-state index in [1.165, 1.54) is 6.07 Å². The molecular weight excluding hydrogens is 291 g/mol. The molecule has 114 valence electrons. The summed E-state index contributed by atoms with van der Waals surface area (Å²) in [5.74, 6) is 0.280. The van der Waals surface area contributed by atoms with Gasteiger partial charge in [-0.3, -0.25) is 4.79 Å². The maximum Gasteiger partial charge on any atom is 0.225 e. The zero-order chi connectivity index (χ0) is 14.8. The van der Waals surface area contributed by atoms with E-state index < -0.39 is 0 Å². The number of amides is 1. The Morgan fingerprint density at radius 1 is 1.29 bits per heavy atom. The van der Waals surface area contributed by atoms with Crippen molar-refractivity contribution in [3.05, 3.63) is 34.6 Å². The summed E-state index contributed by atoms with van der Waals surface area (Å²) in [6.45, 7) is 2.37. The second-order valence-electron chi connectivity index (χ2n) is 6.00. The fourth-order valence-electron chi connectivity index (χ4n) is 2.80. The topological polar surface area (TPSA) is 32.3 Å². The van der Waals surface area contributed by atoms with Crippen LogP contribution in [0, 0.1) is 11.7 Å². The van der Waals surface area contributed by atoms with Crippen molar-refractivity contribution in [3.8, 4) is 0 Å². The van der Waals surface area contributed by atoms with Crippen molar-refractivity contribution in [2.45, 2.75) is 38.3 Å². The number of nitrogens with zero attached hydrogens (tertiary/aromatic N) is 1. The Hall–Kier alpha value is -1.13. The lowest BCUT2D eigenvalue weighted by Gasteiger charge is -2.32. The van der Waals surface area contributed by atoms with Gasteiger partial charge in [0.1, 0.15) is 5.82 Å². The smallest absolute Gasteiger partial charge is 0.225 e. The number of benzene rings is 1. The molecule has 5 heteroatoms.